The number of hydrogen-bond acceptors (Lipinski definition) is 5. The first-order valence-corrected chi connectivity index (χ1v) is 9.45. The number of benzene rings is 2. The molecule has 1 heterocycles. The van der Waals surface area contributed by atoms with Crippen LogP contribution in [-0.4, -0.2) is 45.4 Å². The predicted molar refractivity (Wildman–Crippen MR) is 109 cm³/mol. The molecule has 29 heavy (non-hydrogen) atoms. The fourth-order valence-corrected chi connectivity index (χ4v) is 3.17. The summed E-state index contributed by atoms with van der Waals surface area (Å²) in [6, 6.07) is 17.1. The Balaban J connectivity index is 1.92. The van der Waals surface area contributed by atoms with Crippen LogP contribution in [0.4, 0.5) is 0 Å². The van der Waals surface area contributed by atoms with Crippen LogP contribution in [0.5, 0.6) is 0 Å². The summed E-state index contributed by atoms with van der Waals surface area (Å²) in [6.45, 7) is 3.80. The number of carbonyl (C=O) groups excluding carboxylic acids is 2. The van der Waals surface area contributed by atoms with Crippen molar-refractivity contribution in [2.45, 2.75) is 26.3 Å². The van der Waals surface area contributed by atoms with E-state index in [0.29, 0.717) is 6.42 Å². The largest absolute Gasteiger partial charge is 0.468 e. The average molecular weight is 392 g/mol. The summed E-state index contributed by atoms with van der Waals surface area (Å²) in [4.78, 5) is 26.8. The van der Waals surface area contributed by atoms with Crippen molar-refractivity contribution in [3.8, 4) is 5.69 Å². The van der Waals surface area contributed by atoms with Crippen molar-refractivity contribution in [3.05, 3.63) is 77.6 Å². The second kappa shape index (κ2) is 9.14. The number of amides is 1. The van der Waals surface area contributed by atoms with Gasteiger partial charge >= 0.3 is 5.97 Å². The Morgan fingerprint density at radius 1 is 1.10 bits per heavy atom. The Labute approximate surface area is 169 Å². The Morgan fingerprint density at radius 2 is 1.79 bits per heavy atom. The molecule has 1 aromatic heterocycles. The van der Waals surface area contributed by atoms with E-state index in [1.54, 1.807) is 10.9 Å². The molecule has 7 nitrogen and oxygen atoms in total. The quantitative estimate of drug-likeness (QED) is 0.576. The molecule has 0 bridgehead atoms. The van der Waals surface area contributed by atoms with Crippen molar-refractivity contribution in [3.63, 3.8) is 0 Å². The van der Waals surface area contributed by atoms with Gasteiger partial charge in [-0.15, -0.1) is 5.10 Å². The van der Waals surface area contributed by atoms with Crippen molar-refractivity contribution >= 4 is 11.9 Å². The number of methoxy groups -OCH3 is 1. The second-order valence-electron chi connectivity index (χ2n) is 6.73. The van der Waals surface area contributed by atoms with Crippen LogP contribution in [0.15, 0.2) is 60.8 Å². The van der Waals surface area contributed by atoms with Gasteiger partial charge in [0.1, 0.15) is 6.54 Å². The smallest absolute Gasteiger partial charge is 0.325 e. The normalized spacial score (nSPS) is 11.7. The molecule has 0 saturated heterocycles. The van der Waals surface area contributed by atoms with Crippen LogP contribution < -0.4 is 0 Å². The molecule has 0 aliphatic heterocycles. The molecule has 1 atom stereocenters. The zero-order chi connectivity index (χ0) is 20.8. The Kier molecular flexibility index (Phi) is 6.39. The third-order valence-electron chi connectivity index (χ3n) is 4.75. The van der Waals surface area contributed by atoms with Gasteiger partial charge in [-0.1, -0.05) is 60.2 Å². The van der Waals surface area contributed by atoms with Gasteiger partial charge in [0.25, 0.3) is 5.91 Å². The van der Waals surface area contributed by atoms with Crippen molar-refractivity contribution in [1.82, 2.24) is 19.9 Å². The Morgan fingerprint density at radius 3 is 2.41 bits per heavy atom. The van der Waals surface area contributed by atoms with Crippen LogP contribution in [0.2, 0.25) is 0 Å². The summed E-state index contributed by atoms with van der Waals surface area (Å²) in [5.74, 6) is -0.858. The lowest BCUT2D eigenvalue weighted by Gasteiger charge is -2.30. The molecule has 0 saturated carbocycles. The van der Waals surface area contributed by atoms with Gasteiger partial charge in [0, 0.05) is 0 Å². The van der Waals surface area contributed by atoms with Crippen LogP contribution >= 0.6 is 0 Å². The minimum atomic E-state index is -0.487. The molecule has 0 spiro atoms. The van der Waals surface area contributed by atoms with Gasteiger partial charge < -0.3 is 9.64 Å². The van der Waals surface area contributed by atoms with Crippen molar-refractivity contribution in [1.29, 1.82) is 0 Å². The van der Waals surface area contributed by atoms with E-state index in [9.17, 15) is 9.59 Å². The molecule has 0 fully saturated rings. The van der Waals surface area contributed by atoms with Gasteiger partial charge in [0.05, 0.1) is 25.0 Å². The van der Waals surface area contributed by atoms with Crippen LogP contribution in [0.25, 0.3) is 5.69 Å². The van der Waals surface area contributed by atoms with E-state index in [0.717, 1.165) is 16.8 Å². The number of carbonyl (C=O) groups is 2. The Hall–Kier alpha value is -3.48. The summed E-state index contributed by atoms with van der Waals surface area (Å²) >= 11 is 0. The van der Waals surface area contributed by atoms with Crippen LogP contribution in [0.3, 0.4) is 0 Å². The summed E-state index contributed by atoms with van der Waals surface area (Å²) in [5, 5.41) is 8.13. The van der Waals surface area contributed by atoms with Gasteiger partial charge in [-0.2, -0.15) is 0 Å². The molecule has 0 unspecified atom stereocenters. The van der Waals surface area contributed by atoms with Gasteiger partial charge in [0.15, 0.2) is 5.69 Å². The molecule has 150 valence electrons. The molecule has 0 N–H and O–H groups in total. The third-order valence-corrected chi connectivity index (χ3v) is 4.75. The van der Waals surface area contributed by atoms with Crippen molar-refractivity contribution in [2.75, 3.05) is 13.7 Å². The van der Waals surface area contributed by atoms with Gasteiger partial charge in [0.2, 0.25) is 0 Å². The van der Waals surface area contributed by atoms with Gasteiger partial charge in [-0.25, -0.2) is 4.68 Å². The number of nitrogens with zero attached hydrogens (tertiary/aromatic N) is 4. The predicted octanol–water partition coefficient (Wildman–Crippen LogP) is 3.34. The van der Waals surface area contributed by atoms with E-state index in [4.69, 9.17) is 4.74 Å². The minimum Gasteiger partial charge on any atom is -0.468 e. The summed E-state index contributed by atoms with van der Waals surface area (Å²) in [6.07, 6.45) is 2.22. The lowest BCUT2D eigenvalue weighted by atomic mass is 10.0. The molecular formula is C22H24N4O3. The molecule has 3 rings (SSSR count). The fourth-order valence-electron chi connectivity index (χ4n) is 3.17. The zero-order valence-corrected chi connectivity index (χ0v) is 16.8. The molecule has 0 aliphatic carbocycles. The molecule has 7 heteroatoms. The van der Waals surface area contributed by atoms with Gasteiger partial charge in [-0.05, 0) is 31.0 Å². The number of hydrogen-bond donors (Lipinski definition) is 0. The average Bonchev–Trinajstić information content (AvgIpc) is 3.24. The van der Waals surface area contributed by atoms with E-state index < -0.39 is 5.97 Å². The maximum Gasteiger partial charge on any atom is 0.325 e. The highest BCUT2D eigenvalue weighted by Gasteiger charge is 2.29. The summed E-state index contributed by atoms with van der Waals surface area (Å²) in [5.41, 5.74) is 3.04. The fraction of sp³-hybridized carbons (Fsp3) is 0.273. The highest BCUT2D eigenvalue weighted by molar-refractivity contribution is 5.94. The summed E-state index contributed by atoms with van der Waals surface area (Å²) in [7, 11) is 1.31. The van der Waals surface area contributed by atoms with Gasteiger partial charge in [-0.3, -0.25) is 9.59 Å². The monoisotopic (exact) mass is 392 g/mol. The van der Waals surface area contributed by atoms with Crippen molar-refractivity contribution < 1.29 is 14.3 Å². The SMILES string of the molecule is CC[C@@H](c1ccccc1)N(CC(=O)OC)C(=O)c1cn(-c2ccc(C)cc2)nn1. The Bertz CT molecular complexity index is 967. The number of aryl methyl sites for hydroxylation is 1. The van der Waals surface area contributed by atoms with E-state index in [1.165, 1.54) is 12.0 Å². The highest BCUT2D eigenvalue weighted by atomic mass is 16.5. The summed E-state index contributed by atoms with van der Waals surface area (Å²) < 4.78 is 6.36. The highest BCUT2D eigenvalue weighted by Crippen LogP contribution is 2.25. The van der Waals surface area contributed by atoms with E-state index >= 15 is 0 Å². The first-order valence-electron chi connectivity index (χ1n) is 9.45. The van der Waals surface area contributed by atoms with Crippen LogP contribution in [0.1, 0.15) is 41.0 Å². The number of rotatable bonds is 7. The van der Waals surface area contributed by atoms with Crippen LogP contribution in [-0.2, 0) is 9.53 Å². The molecule has 3 aromatic rings. The lowest BCUT2D eigenvalue weighted by molar-refractivity contribution is -0.141. The number of esters is 1. The number of aromatic nitrogens is 3. The topological polar surface area (TPSA) is 77.3 Å². The maximum absolute atomic E-state index is 13.3. The van der Waals surface area contributed by atoms with E-state index in [1.807, 2.05) is 68.4 Å². The third kappa shape index (κ3) is 4.68. The molecule has 1 amide bonds. The molecule has 0 aliphatic rings. The number of ether oxygens (including phenoxy) is 1. The second-order valence-corrected chi connectivity index (χ2v) is 6.73. The molecular weight excluding hydrogens is 368 g/mol. The molecule has 0 radical (unpaired) electrons. The minimum absolute atomic E-state index is 0.167. The first-order chi connectivity index (χ1) is 14.0. The zero-order valence-electron chi connectivity index (χ0n) is 16.8. The maximum atomic E-state index is 13.3. The van der Waals surface area contributed by atoms with E-state index in [2.05, 4.69) is 10.3 Å². The van der Waals surface area contributed by atoms with E-state index in [-0.39, 0.29) is 24.2 Å². The van der Waals surface area contributed by atoms with Crippen molar-refractivity contribution in [2.24, 2.45) is 0 Å². The molecule has 2 aromatic carbocycles. The van der Waals surface area contributed by atoms with Crippen LogP contribution in [0, 0.1) is 6.92 Å². The lowest BCUT2D eigenvalue weighted by Crippen LogP contribution is -2.39. The first kappa shape index (κ1) is 20.3. The standard InChI is InChI=1S/C22H24N4O3/c1-4-20(17-8-6-5-7-9-17)25(15-21(27)29-3)22(28)19-14-26(24-23-19)18-12-10-16(2)11-13-18/h5-14,20H,4,15H2,1-3H3/t20-/m0/s1.